The number of halogens is 2. The lowest BCUT2D eigenvalue weighted by molar-refractivity contribution is 0.0786. The second-order valence-corrected chi connectivity index (χ2v) is 6.00. The molecule has 1 aromatic carbocycles. The fourth-order valence-electron chi connectivity index (χ4n) is 2.42. The number of hydrogen-bond acceptors (Lipinski definition) is 1. The Morgan fingerprint density at radius 3 is 3.06 bits per heavy atom. The van der Waals surface area contributed by atoms with Gasteiger partial charge in [-0.3, -0.25) is 4.79 Å². The Hall–Kier alpha value is -0.540. The van der Waals surface area contributed by atoms with E-state index in [4.69, 9.17) is 11.6 Å². The molecule has 1 aliphatic heterocycles. The Kier molecular flexibility index (Phi) is 4.68. The van der Waals surface area contributed by atoms with Crippen molar-refractivity contribution in [1.82, 2.24) is 4.90 Å². The summed E-state index contributed by atoms with van der Waals surface area (Å²) >= 11 is 9.53. The topological polar surface area (TPSA) is 20.3 Å². The van der Waals surface area contributed by atoms with Crippen LogP contribution >= 0.6 is 27.5 Å². The molecular formula is C14H17BrClNO. The third-order valence-corrected chi connectivity index (χ3v) is 4.46. The molecule has 0 spiro atoms. The molecule has 1 aliphatic rings. The maximum absolute atomic E-state index is 12.4. The highest BCUT2D eigenvalue weighted by atomic mass is 79.9. The number of benzene rings is 1. The summed E-state index contributed by atoms with van der Waals surface area (Å²) in [5, 5.41) is 1.67. The van der Waals surface area contributed by atoms with Crippen molar-refractivity contribution >= 4 is 33.4 Å². The van der Waals surface area contributed by atoms with E-state index in [9.17, 15) is 4.79 Å². The average molecular weight is 331 g/mol. The number of amides is 1. The van der Waals surface area contributed by atoms with Gasteiger partial charge >= 0.3 is 0 Å². The highest BCUT2D eigenvalue weighted by molar-refractivity contribution is 9.09. The van der Waals surface area contributed by atoms with Crippen LogP contribution in [0.4, 0.5) is 0 Å². The number of likely N-dealkylation sites (tertiary alicyclic amines) is 1. The minimum Gasteiger partial charge on any atom is -0.338 e. The summed E-state index contributed by atoms with van der Waals surface area (Å²) in [5.74, 6) is 0.750. The van der Waals surface area contributed by atoms with Crippen molar-refractivity contribution in [1.29, 1.82) is 0 Å². The number of nitrogens with zero attached hydrogens (tertiary/aromatic N) is 1. The minimum absolute atomic E-state index is 0.118. The van der Waals surface area contributed by atoms with Crippen LogP contribution in [0.15, 0.2) is 18.2 Å². The second-order valence-electron chi connectivity index (χ2n) is 4.80. The van der Waals surface area contributed by atoms with Crippen LogP contribution in [-0.4, -0.2) is 29.2 Å². The normalized spacial score (nSPS) is 19.3. The van der Waals surface area contributed by atoms with Crippen molar-refractivity contribution in [2.24, 2.45) is 5.92 Å². The smallest absolute Gasteiger partial charge is 0.254 e. The van der Waals surface area contributed by atoms with Crippen LogP contribution in [0.3, 0.4) is 0 Å². The summed E-state index contributed by atoms with van der Waals surface area (Å²) < 4.78 is 0. The zero-order valence-electron chi connectivity index (χ0n) is 10.5. The summed E-state index contributed by atoms with van der Waals surface area (Å²) in [4.78, 5) is 14.4. The molecule has 0 N–H and O–H groups in total. The van der Waals surface area contributed by atoms with Crippen LogP contribution in [0.2, 0.25) is 5.02 Å². The molecule has 2 rings (SSSR count). The molecule has 0 radical (unpaired) electrons. The molecule has 0 saturated carbocycles. The first-order chi connectivity index (χ1) is 8.63. The van der Waals surface area contributed by atoms with Gasteiger partial charge in [0.2, 0.25) is 0 Å². The molecule has 0 aromatic heterocycles. The molecule has 1 fully saturated rings. The molecule has 1 unspecified atom stereocenters. The van der Waals surface area contributed by atoms with E-state index in [2.05, 4.69) is 15.9 Å². The van der Waals surface area contributed by atoms with Crippen LogP contribution < -0.4 is 0 Å². The van der Waals surface area contributed by atoms with E-state index >= 15 is 0 Å². The van der Waals surface area contributed by atoms with E-state index in [1.807, 2.05) is 30.0 Å². The van der Waals surface area contributed by atoms with Gasteiger partial charge in [0.25, 0.3) is 5.91 Å². The van der Waals surface area contributed by atoms with Gasteiger partial charge in [0.15, 0.2) is 0 Å². The van der Waals surface area contributed by atoms with Crippen LogP contribution in [0.25, 0.3) is 0 Å². The molecule has 0 aliphatic carbocycles. The zero-order valence-corrected chi connectivity index (χ0v) is 12.8. The van der Waals surface area contributed by atoms with Crippen molar-refractivity contribution in [3.8, 4) is 0 Å². The zero-order chi connectivity index (χ0) is 13.1. The molecule has 2 nitrogen and oxygen atoms in total. The molecule has 4 heteroatoms. The Labute approximate surface area is 121 Å². The Balaban J connectivity index is 2.11. The van der Waals surface area contributed by atoms with E-state index < -0.39 is 0 Å². The molecule has 1 aromatic rings. The molecule has 98 valence electrons. The van der Waals surface area contributed by atoms with Crippen LogP contribution in [0.5, 0.6) is 0 Å². The van der Waals surface area contributed by atoms with Crippen LogP contribution in [0, 0.1) is 12.8 Å². The van der Waals surface area contributed by atoms with Crippen molar-refractivity contribution in [3.63, 3.8) is 0 Å². The maximum Gasteiger partial charge on any atom is 0.254 e. The standard InChI is InChI=1S/C14H17BrClNO/c1-10-12(3-2-4-13(10)16)14(18)17-8-6-11(9-17)5-7-15/h2-4,11H,5-9H2,1H3. The van der Waals surface area contributed by atoms with Gasteiger partial charge in [-0.25, -0.2) is 0 Å². The maximum atomic E-state index is 12.4. The lowest BCUT2D eigenvalue weighted by Gasteiger charge is -2.18. The van der Waals surface area contributed by atoms with Gasteiger partial charge in [0.05, 0.1) is 0 Å². The van der Waals surface area contributed by atoms with Gasteiger partial charge < -0.3 is 4.90 Å². The molecule has 1 atom stereocenters. The third kappa shape index (κ3) is 2.89. The van der Waals surface area contributed by atoms with Crippen molar-refractivity contribution in [2.75, 3.05) is 18.4 Å². The van der Waals surface area contributed by atoms with Crippen molar-refractivity contribution in [2.45, 2.75) is 19.8 Å². The molecule has 1 saturated heterocycles. The summed E-state index contributed by atoms with van der Waals surface area (Å²) in [7, 11) is 0. The predicted octanol–water partition coefficient (Wildman–Crippen LogP) is 3.90. The van der Waals surface area contributed by atoms with Crippen molar-refractivity contribution in [3.05, 3.63) is 34.3 Å². The summed E-state index contributed by atoms with van der Waals surface area (Å²) in [6.45, 7) is 3.64. The monoisotopic (exact) mass is 329 g/mol. The van der Waals surface area contributed by atoms with Gasteiger partial charge in [0, 0.05) is 29.0 Å². The largest absolute Gasteiger partial charge is 0.338 e. The first-order valence-electron chi connectivity index (χ1n) is 6.24. The van der Waals surface area contributed by atoms with E-state index in [1.165, 1.54) is 0 Å². The molecule has 0 bridgehead atoms. The lowest BCUT2D eigenvalue weighted by Crippen LogP contribution is -2.29. The third-order valence-electron chi connectivity index (χ3n) is 3.59. The Morgan fingerprint density at radius 1 is 1.56 bits per heavy atom. The van der Waals surface area contributed by atoms with Crippen molar-refractivity contribution < 1.29 is 4.79 Å². The molecular weight excluding hydrogens is 314 g/mol. The molecule has 1 amide bonds. The number of hydrogen-bond donors (Lipinski definition) is 0. The Bertz CT molecular complexity index is 449. The second kappa shape index (κ2) is 6.07. The van der Waals surface area contributed by atoms with Gasteiger partial charge in [0.1, 0.15) is 0 Å². The quantitative estimate of drug-likeness (QED) is 0.770. The van der Waals surface area contributed by atoms with E-state index in [1.54, 1.807) is 0 Å². The average Bonchev–Trinajstić information content (AvgIpc) is 2.81. The predicted molar refractivity (Wildman–Crippen MR) is 78.6 cm³/mol. The lowest BCUT2D eigenvalue weighted by atomic mass is 10.1. The van der Waals surface area contributed by atoms with Gasteiger partial charge in [-0.15, -0.1) is 0 Å². The number of rotatable bonds is 3. The van der Waals surface area contributed by atoms with Crippen LogP contribution in [0.1, 0.15) is 28.8 Å². The summed E-state index contributed by atoms with van der Waals surface area (Å²) in [5.41, 5.74) is 1.62. The molecule has 18 heavy (non-hydrogen) atoms. The van der Waals surface area contributed by atoms with Gasteiger partial charge in [-0.2, -0.15) is 0 Å². The fourth-order valence-corrected chi connectivity index (χ4v) is 3.24. The summed E-state index contributed by atoms with van der Waals surface area (Å²) in [6, 6.07) is 5.53. The number of carbonyl (C=O) groups excluding carboxylic acids is 1. The molecule has 1 heterocycles. The van der Waals surface area contributed by atoms with Gasteiger partial charge in [-0.1, -0.05) is 33.6 Å². The Morgan fingerprint density at radius 2 is 2.33 bits per heavy atom. The first-order valence-corrected chi connectivity index (χ1v) is 7.73. The van der Waals surface area contributed by atoms with E-state index in [0.717, 1.165) is 42.4 Å². The fraction of sp³-hybridized carbons (Fsp3) is 0.500. The number of carbonyl (C=O) groups is 1. The SMILES string of the molecule is Cc1c(Cl)cccc1C(=O)N1CCC(CCBr)C1. The first kappa shape index (κ1) is 13.9. The summed E-state index contributed by atoms with van der Waals surface area (Å²) in [6.07, 6.45) is 2.25. The van der Waals surface area contributed by atoms with E-state index in [-0.39, 0.29) is 5.91 Å². The highest BCUT2D eigenvalue weighted by Gasteiger charge is 2.27. The number of alkyl halides is 1. The minimum atomic E-state index is 0.118. The highest BCUT2D eigenvalue weighted by Crippen LogP contribution is 2.25. The van der Waals surface area contributed by atoms with E-state index in [0.29, 0.717) is 10.9 Å². The van der Waals surface area contributed by atoms with Crippen LogP contribution in [-0.2, 0) is 0 Å². The van der Waals surface area contributed by atoms with Gasteiger partial charge in [-0.05, 0) is 43.4 Å².